The minimum atomic E-state index is -0.804. The molecule has 1 aromatic heterocycles. The quantitative estimate of drug-likeness (QED) is 0.190. The second-order valence-corrected chi connectivity index (χ2v) is 7.61. The molecule has 0 radical (unpaired) electrons. The highest BCUT2D eigenvalue weighted by Crippen LogP contribution is 2.29. The van der Waals surface area contributed by atoms with E-state index in [9.17, 15) is 13.6 Å². The Hall–Kier alpha value is -4.47. The van der Waals surface area contributed by atoms with E-state index in [0.29, 0.717) is 38.0 Å². The SMILES string of the molecule is CN(C=N)C(=N)c1nc(N(CCNC=O)CCN2N=CCC2c2cc(F)cc(C#N)c2)ncc1F. The molecule has 13 heteroatoms. The Labute approximate surface area is 200 Å². The van der Waals surface area contributed by atoms with Crippen LogP contribution in [-0.4, -0.2) is 77.9 Å². The van der Waals surface area contributed by atoms with Gasteiger partial charge in [-0.05, 0) is 23.8 Å². The molecular weight excluding hydrogens is 458 g/mol. The summed E-state index contributed by atoms with van der Waals surface area (Å²) >= 11 is 0. The van der Waals surface area contributed by atoms with Gasteiger partial charge in [0.15, 0.2) is 11.7 Å². The monoisotopic (exact) mass is 482 g/mol. The van der Waals surface area contributed by atoms with Crippen LogP contribution < -0.4 is 10.2 Å². The second kappa shape index (κ2) is 11.6. The Morgan fingerprint density at radius 2 is 2.17 bits per heavy atom. The van der Waals surface area contributed by atoms with Crippen molar-refractivity contribution in [2.24, 2.45) is 5.10 Å². The van der Waals surface area contributed by atoms with Gasteiger partial charge in [-0.25, -0.2) is 18.7 Å². The number of nitriles is 1. The number of hydrogen-bond acceptors (Lipinski definition) is 9. The molecule has 3 rings (SSSR count). The minimum absolute atomic E-state index is 0.134. The van der Waals surface area contributed by atoms with Crippen LogP contribution in [0.15, 0.2) is 29.5 Å². The van der Waals surface area contributed by atoms with E-state index in [-0.39, 0.29) is 35.6 Å². The smallest absolute Gasteiger partial charge is 0.226 e. The second-order valence-electron chi connectivity index (χ2n) is 7.61. The van der Waals surface area contributed by atoms with Crippen molar-refractivity contribution < 1.29 is 13.6 Å². The summed E-state index contributed by atoms with van der Waals surface area (Å²) in [5, 5.41) is 33.2. The Balaban J connectivity index is 1.81. The molecule has 0 saturated carbocycles. The summed E-state index contributed by atoms with van der Waals surface area (Å²) in [6, 6.07) is 5.85. The molecule has 11 nitrogen and oxygen atoms in total. The Bertz CT molecular complexity index is 1170. The standard InChI is InChI=1S/C22H24F2N10O/c1-32(13-26)21(27)20-18(24)12-29-22(31-20)33(5-4-28-14-35)6-7-34-19(2-3-30-34)16-8-15(11-25)9-17(23)10-16/h3,8-10,12-14,19,26-27H,2,4-7H2,1H3,(H,28,35). The van der Waals surface area contributed by atoms with Crippen molar-refractivity contribution in [3.63, 3.8) is 0 Å². The summed E-state index contributed by atoms with van der Waals surface area (Å²) in [6.45, 7) is 1.22. The Morgan fingerprint density at radius 1 is 1.37 bits per heavy atom. The van der Waals surface area contributed by atoms with Crippen LogP contribution in [0.4, 0.5) is 14.7 Å². The van der Waals surface area contributed by atoms with E-state index in [1.807, 2.05) is 6.07 Å². The lowest BCUT2D eigenvalue weighted by molar-refractivity contribution is -0.109. The van der Waals surface area contributed by atoms with Crippen LogP contribution >= 0.6 is 0 Å². The number of aromatic nitrogens is 2. The topological polar surface area (TPSA) is 148 Å². The summed E-state index contributed by atoms with van der Waals surface area (Å²) < 4.78 is 28.3. The molecule has 0 bridgehead atoms. The van der Waals surface area contributed by atoms with Crippen LogP contribution in [-0.2, 0) is 4.79 Å². The van der Waals surface area contributed by atoms with Gasteiger partial charge in [-0.15, -0.1) is 0 Å². The maximum absolute atomic E-state index is 14.3. The zero-order valence-corrected chi connectivity index (χ0v) is 18.9. The number of hydrogen-bond donors (Lipinski definition) is 3. The molecule has 1 aromatic carbocycles. The lowest BCUT2D eigenvalue weighted by Crippen LogP contribution is -2.39. The summed E-state index contributed by atoms with van der Waals surface area (Å²) in [5.41, 5.74) is 0.574. The first kappa shape index (κ1) is 25.2. The zero-order chi connectivity index (χ0) is 25.4. The summed E-state index contributed by atoms with van der Waals surface area (Å²) in [6.07, 6.45) is 4.62. The lowest BCUT2D eigenvalue weighted by atomic mass is 10.0. The molecule has 1 atom stereocenters. The molecule has 1 amide bonds. The molecule has 182 valence electrons. The molecule has 1 aliphatic rings. The third-order valence-corrected chi connectivity index (χ3v) is 5.35. The van der Waals surface area contributed by atoms with Crippen molar-refractivity contribution in [2.45, 2.75) is 12.5 Å². The average molecular weight is 482 g/mol. The first-order valence-electron chi connectivity index (χ1n) is 10.6. The van der Waals surface area contributed by atoms with Gasteiger partial charge in [0, 0.05) is 39.3 Å². The number of amides is 1. The van der Waals surface area contributed by atoms with Crippen LogP contribution in [0.2, 0.25) is 0 Å². The van der Waals surface area contributed by atoms with Crippen molar-refractivity contribution in [1.29, 1.82) is 16.1 Å². The van der Waals surface area contributed by atoms with Crippen LogP contribution in [0.1, 0.15) is 29.3 Å². The molecule has 2 aromatic rings. The number of rotatable bonds is 11. The average Bonchev–Trinajstić information content (AvgIpc) is 3.34. The van der Waals surface area contributed by atoms with Crippen LogP contribution in [0.25, 0.3) is 0 Å². The molecule has 0 aliphatic carbocycles. The fourth-order valence-corrected chi connectivity index (χ4v) is 3.55. The highest BCUT2D eigenvalue weighted by atomic mass is 19.1. The van der Waals surface area contributed by atoms with Gasteiger partial charge in [-0.2, -0.15) is 10.4 Å². The molecule has 0 saturated heterocycles. The molecule has 2 heterocycles. The van der Waals surface area contributed by atoms with E-state index in [1.165, 1.54) is 19.2 Å². The van der Waals surface area contributed by atoms with Gasteiger partial charge in [-0.1, -0.05) is 0 Å². The van der Waals surface area contributed by atoms with E-state index >= 15 is 0 Å². The maximum atomic E-state index is 14.3. The van der Waals surface area contributed by atoms with Crippen molar-refractivity contribution in [3.8, 4) is 6.07 Å². The first-order valence-corrected chi connectivity index (χ1v) is 10.6. The van der Waals surface area contributed by atoms with Gasteiger partial charge in [-0.3, -0.25) is 20.6 Å². The van der Waals surface area contributed by atoms with Crippen molar-refractivity contribution in [2.75, 3.05) is 38.1 Å². The third kappa shape index (κ3) is 6.11. The number of benzene rings is 1. The number of hydrazone groups is 1. The summed E-state index contributed by atoms with van der Waals surface area (Å²) in [5.74, 6) is -1.48. The molecule has 1 unspecified atom stereocenters. The van der Waals surface area contributed by atoms with Gasteiger partial charge in [0.2, 0.25) is 12.4 Å². The number of amidine groups is 1. The van der Waals surface area contributed by atoms with Crippen molar-refractivity contribution in [3.05, 3.63) is 52.9 Å². The molecule has 0 fully saturated rings. The Kier molecular flexibility index (Phi) is 8.33. The predicted octanol–water partition coefficient (Wildman–Crippen LogP) is 1.48. The molecular formula is C22H24F2N10O. The fraction of sp³-hybridized carbons (Fsp3) is 0.318. The summed E-state index contributed by atoms with van der Waals surface area (Å²) in [7, 11) is 1.43. The molecule has 35 heavy (non-hydrogen) atoms. The van der Waals surface area contributed by atoms with Crippen LogP contribution in [0.3, 0.4) is 0 Å². The number of nitrogens with zero attached hydrogens (tertiary/aromatic N) is 7. The minimum Gasteiger partial charge on any atom is -0.357 e. The van der Waals surface area contributed by atoms with Crippen LogP contribution in [0, 0.1) is 33.8 Å². The molecule has 3 N–H and O–H groups in total. The van der Waals surface area contributed by atoms with Gasteiger partial charge >= 0.3 is 0 Å². The highest BCUT2D eigenvalue weighted by molar-refractivity contribution is 6.00. The van der Waals surface area contributed by atoms with E-state index < -0.39 is 11.6 Å². The normalized spacial score (nSPS) is 14.3. The number of carbonyl (C=O) groups is 1. The number of carbonyl (C=O) groups excluding carboxylic acids is 1. The van der Waals surface area contributed by atoms with Crippen LogP contribution in [0.5, 0.6) is 0 Å². The highest BCUT2D eigenvalue weighted by Gasteiger charge is 2.25. The van der Waals surface area contributed by atoms with Crippen molar-refractivity contribution >= 4 is 30.7 Å². The van der Waals surface area contributed by atoms with Crippen molar-refractivity contribution in [1.82, 2.24) is 25.2 Å². The predicted molar refractivity (Wildman–Crippen MR) is 125 cm³/mol. The number of anilines is 1. The fourth-order valence-electron chi connectivity index (χ4n) is 3.55. The number of halogens is 2. The van der Waals surface area contributed by atoms with Gasteiger partial charge < -0.3 is 15.1 Å². The van der Waals surface area contributed by atoms with Gasteiger partial charge in [0.25, 0.3) is 0 Å². The van der Waals surface area contributed by atoms with E-state index in [2.05, 4.69) is 20.4 Å². The molecule has 1 aliphatic heterocycles. The largest absolute Gasteiger partial charge is 0.357 e. The lowest BCUT2D eigenvalue weighted by Gasteiger charge is -2.29. The van der Waals surface area contributed by atoms with E-state index in [1.54, 1.807) is 22.2 Å². The van der Waals surface area contributed by atoms with E-state index in [4.69, 9.17) is 16.1 Å². The first-order chi connectivity index (χ1) is 16.9. The maximum Gasteiger partial charge on any atom is 0.226 e. The number of nitrogens with one attached hydrogen (secondary N) is 3. The van der Waals surface area contributed by atoms with Gasteiger partial charge in [0.1, 0.15) is 11.5 Å². The third-order valence-electron chi connectivity index (χ3n) is 5.35. The van der Waals surface area contributed by atoms with E-state index in [0.717, 1.165) is 17.4 Å². The molecule has 0 spiro atoms. The zero-order valence-electron chi connectivity index (χ0n) is 18.9. The van der Waals surface area contributed by atoms with Gasteiger partial charge in [0.05, 0.1) is 36.8 Å². The summed E-state index contributed by atoms with van der Waals surface area (Å²) in [4.78, 5) is 21.8. The Morgan fingerprint density at radius 3 is 2.89 bits per heavy atom.